The Kier molecular flexibility index (Phi) is 8.32. The summed E-state index contributed by atoms with van der Waals surface area (Å²) in [6, 6.07) is 11.1. The maximum absolute atomic E-state index is 12.0. The summed E-state index contributed by atoms with van der Waals surface area (Å²) in [5, 5.41) is 3.97. The zero-order valence-corrected chi connectivity index (χ0v) is 18.1. The average Bonchev–Trinajstić information content (AvgIpc) is 2.67. The number of nitrogens with one attached hydrogen (secondary N) is 1. The van der Waals surface area contributed by atoms with Crippen molar-refractivity contribution >= 4 is 28.1 Å². The van der Waals surface area contributed by atoms with E-state index in [1.54, 1.807) is 13.2 Å². The van der Waals surface area contributed by atoms with Gasteiger partial charge in [-0.3, -0.25) is 4.79 Å². The molecule has 0 aliphatic rings. The minimum atomic E-state index is -0.340. The van der Waals surface area contributed by atoms with Crippen LogP contribution in [0.25, 0.3) is 0 Å². The number of nitrogens with zero attached hydrogens (tertiary/aromatic N) is 1. The quantitative estimate of drug-likeness (QED) is 0.457. The molecule has 2 aromatic carbocycles. The summed E-state index contributed by atoms with van der Waals surface area (Å²) in [5.41, 5.74) is 4.26. The zero-order chi connectivity index (χ0) is 20.5. The maximum Gasteiger partial charge on any atom is 0.277 e. The Morgan fingerprint density at radius 2 is 1.93 bits per heavy atom. The van der Waals surface area contributed by atoms with E-state index >= 15 is 0 Å². The molecule has 1 N–H and O–H groups in total. The SMILES string of the molecule is CCc1cc(Br)ccc1OCC(=O)N/N=C/c1ccc(OC(C)C)c(OC)c1. The lowest BCUT2D eigenvalue weighted by molar-refractivity contribution is -0.123. The van der Waals surface area contributed by atoms with Crippen LogP contribution in [0.4, 0.5) is 0 Å². The van der Waals surface area contributed by atoms with E-state index in [9.17, 15) is 4.79 Å². The van der Waals surface area contributed by atoms with E-state index in [1.807, 2.05) is 51.1 Å². The third-order valence-corrected chi connectivity index (χ3v) is 4.21. The lowest BCUT2D eigenvalue weighted by Gasteiger charge is -2.13. The van der Waals surface area contributed by atoms with Crippen LogP contribution >= 0.6 is 15.9 Å². The summed E-state index contributed by atoms with van der Waals surface area (Å²) in [6.45, 7) is 5.81. The van der Waals surface area contributed by atoms with Gasteiger partial charge in [-0.15, -0.1) is 0 Å². The molecule has 0 aliphatic heterocycles. The standard InChI is InChI=1S/C21H25BrN2O4/c1-5-16-11-17(22)7-9-18(16)27-13-21(25)24-23-12-15-6-8-19(28-14(2)3)20(10-15)26-4/h6-12,14H,5,13H2,1-4H3,(H,24,25)/b23-12+. The molecule has 150 valence electrons. The average molecular weight is 449 g/mol. The Balaban J connectivity index is 1.91. The number of amides is 1. The fourth-order valence-electron chi connectivity index (χ4n) is 2.44. The first-order valence-electron chi connectivity index (χ1n) is 9.00. The van der Waals surface area contributed by atoms with Crippen LogP contribution in [0.15, 0.2) is 46.0 Å². The smallest absolute Gasteiger partial charge is 0.277 e. The van der Waals surface area contributed by atoms with Crippen molar-refractivity contribution in [1.29, 1.82) is 0 Å². The van der Waals surface area contributed by atoms with Crippen LogP contribution in [-0.4, -0.2) is 31.9 Å². The van der Waals surface area contributed by atoms with Crippen LogP contribution in [-0.2, 0) is 11.2 Å². The van der Waals surface area contributed by atoms with Crippen LogP contribution in [0.1, 0.15) is 31.9 Å². The second-order valence-electron chi connectivity index (χ2n) is 6.26. The number of halogens is 1. The minimum Gasteiger partial charge on any atom is -0.493 e. The van der Waals surface area contributed by atoms with E-state index in [2.05, 4.69) is 26.5 Å². The van der Waals surface area contributed by atoms with Crippen LogP contribution in [0.5, 0.6) is 17.2 Å². The molecular formula is C21H25BrN2O4. The molecule has 0 atom stereocenters. The molecule has 0 spiro atoms. The number of hydrazone groups is 1. The summed E-state index contributed by atoms with van der Waals surface area (Å²) in [7, 11) is 1.58. The van der Waals surface area contributed by atoms with Gasteiger partial charge in [0.1, 0.15) is 5.75 Å². The highest BCUT2D eigenvalue weighted by molar-refractivity contribution is 9.10. The van der Waals surface area contributed by atoms with Gasteiger partial charge >= 0.3 is 0 Å². The van der Waals surface area contributed by atoms with E-state index in [1.165, 1.54) is 6.21 Å². The largest absolute Gasteiger partial charge is 0.493 e. The number of aryl methyl sites for hydroxylation is 1. The van der Waals surface area contributed by atoms with E-state index in [4.69, 9.17) is 14.2 Å². The highest BCUT2D eigenvalue weighted by atomic mass is 79.9. The lowest BCUT2D eigenvalue weighted by Crippen LogP contribution is -2.24. The van der Waals surface area contributed by atoms with Gasteiger partial charge in [0.25, 0.3) is 5.91 Å². The number of rotatable bonds is 9. The Morgan fingerprint density at radius 1 is 1.18 bits per heavy atom. The van der Waals surface area contributed by atoms with Crippen molar-refractivity contribution in [2.24, 2.45) is 5.10 Å². The van der Waals surface area contributed by atoms with Crippen LogP contribution in [0.3, 0.4) is 0 Å². The predicted octanol–water partition coefficient (Wildman–Crippen LogP) is 4.34. The number of benzene rings is 2. The molecule has 28 heavy (non-hydrogen) atoms. The van der Waals surface area contributed by atoms with Gasteiger partial charge in [0.15, 0.2) is 18.1 Å². The summed E-state index contributed by atoms with van der Waals surface area (Å²) in [4.78, 5) is 12.0. The summed E-state index contributed by atoms with van der Waals surface area (Å²) < 4.78 is 17.6. The zero-order valence-electron chi connectivity index (χ0n) is 16.5. The van der Waals surface area contributed by atoms with Crippen molar-refractivity contribution < 1.29 is 19.0 Å². The number of carbonyl (C=O) groups is 1. The second kappa shape index (κ2) is 10.7. The predicted molar refractivity (Wildman–Crippen MR) is 114 cm³/mol. The van der Waals surface area contributed by atoms with Gasteiger partial charge in [-0.25, -0.2) is 5.43 Å². The normalized spacial score (nSPS) is 10.9. The first kappa shape index (κ1) is 21.8. The molecule has 0 aromatic heterocycles. The molecule has 0 fully saturated rings. The van der Waals surface area contributed by atoms with Crippen molar-refractivity contribution in [2.75, 3.05) is 13.7 Å². The molecule has 0 aliphatic carbocycles. The van der Waals surface area contributed by atoms with Gasteiger partial charge < -0.3 is 14.2 Å². The fraction of sp³-hybridized carbons (Fsp3) is 0.333. The van der Waals surface area contributed by atoms with Crippen LogP contribution < -0.4 is 19.6 Å². The number of hydrogen-bond donors (Lipinski definition) is 1. The Bertz CT molecular complexity index is 837. The topological polar surface area (TPSA) is 69.2 Å². The molecule has 2 rings (SSSR count). The van der Waals surface area contributed by atoms with Gasteiger partial charge in [0, 0.05) is 4.47 Å². The molecule has 0 radical (unpaired) electrons. The monoisotopic (exact) mass is 448 g/mol. The van der Waals surface area contributed by atoms with E-state index < -0.39 is 0 Å². The van der Waals surface area contributed by atoms with Crippen molar-refractivity contribution in [3.8, 4) is 17.2 Å². The second-order valence-corrected chi connectivity index (χ2v) is 7.18. The molecule has 6 nitrogen and oxygen atoms in total. The van der Waals surface area contributed by atoms with Gasteiger partial charge in [0.05, 0.1) is 19.4 Å². The summed E-state index contributed by atoms with van der Waals surface area (Å²) in [6.07, 6.45) is 2.40. The third-order valence-electron chi connectivity index (χ3n) is 3.72. The number of ether oxygens (including phenoxy) is 3. The molecular weight excluding hydrogens is 424 g/mol. The van der Waals surface area contributed by atoms with E-state index in [-0.39, 0.29) is 18.6 Å². The van der Waals surface area contributed by atoms with Crippen molar-refractivity contribution in [1.82, 2.24) is 5.43 Å². The Morgan fingerprint density at radius 3 is 2.61 bits per heavy atom. The van der Waals surface area contributed by atoms with Gasteiger partial charge in [0.2, 0.25) is 0 Å². The van der Waals surface area contributed by atoms with E-state index in [0.717, 1.165) is 22.0 Å². The molecule has 7 heteroatoms. The maximum atomic E-state index is 12.0. The molecule has 0 saturated heterocycles. The highest BCUT2D eigenvalue weighted by Crippen LogP contribution is 2.28. The summed E-state index contributed by atoms with van der Waals surface area (Å²) in [5.74, 6) is 1.62. The molecule has 0 heterocycles. The van der Waals surface area contributed by atoms with Crippen molar-refractivity contribution in [3.63, 3.8) is 0 Å². The Labute approximate surface area is 174 Å². The number of carbonyl (C=O) groups excluding carboxylic acids is 1. The molecule has 1 amide bonds. The number of methoxy groups -OCH3 is 1. The van der Waals surface area contributed by atoms with E-state index in [0.29, 0.717) is 17.2 Å². The fourth-order valence-corrected chi connectivity index (χ4v) is 2.84. The molecule has 0 unspecified atom stereocenters. The van der Waals surface area contributed by atoms with Gasteiger partial charge in [-0.2, -0.15) is 5.10 Å². The van der Waals surface area contributed by atoms with Crippen LogP contribution in [0.2, 0.25) is 0 Å². The van der Waals surface area contributed by atoms with Crippen LogP contribution in [0, 0.1) is 0 Å². The first-order valence-corrected chi connectivity index (χ1v) is 9.80. The van der Waals surface area contributed by atoms with Gasteiger partial charge in [-0.05, 0) is 67.8 Å². The molecule has 0 bridgehead atoms. The Hall–Kier alpha value is -2.54. The van der Waals surface area contributed by atoms with Crippen molar-refractivity contribution in [3.05, 3.63) is 52.0 Å². The molecule has 0 saturated carbocycles. The minimum absolute atomic E-state index is 0.0478. The third kappa shape index (κ3) is 6.56. The van der Waals surface area contributed by atoms with Gasteiger partial charge in [-0.1, -0.05) is 22.9 Å². The molecule has 2 aromatic rings. The van der Waals surface area contributed by atoms with Crippen molar-refractivity contribution in [2.45, 2.75) is 33.3 Å². The first-order chi connectivity index (χ1) is 13.4. The summed E-state index contributed by atoms with van der Waals surface area (Å²) >= 11 is 3.43. The number of hydrogen-bond acceptors (Lipinski definition) is 5. The lowest BCUT2D eigenvalue weighted by atomic mass is 10.1. The highest BCUT2D eigenvalue weighted by Gasteiger charge is 2.08.